The first-order chi connectivity index (χ1) is 17.6. The molecule has 0 radical (unpaired) electrons. The molecule has 0 aliphatic carbocycles. The zero-order valence-corrected chi connectivity index (χ0v) is 21.9. The molecule has 0 saturated heterocycles. The van der Waals surface area contributed by atoms with Crippen LogP contribution >= 0.6 is 11.3 Å². The average Bonchev–Trinajstić information content (AvgIpc) is 3.38. The number of pyridine rings is 1. The maximum absolute atomic E-state index is 13.3. The van der Waals surface area contributed by atoms with Crippen molar-refractivity contribution in [3.8, 4) is 16.2 Å². The molecule has 0 bridgehead atoms. The van der Waals surface area contributed by atoms with Crippen LogP contribution in [-0.4, -0.2) is 37.4 Å². The first-order valence-electron chi connectivity index (χ1n) is 11.2. The molecule has 0 atom stereocenters. The van der Waals surface area contributed by atoms with Crippen LogP contribution in [0, 0.1) is 6.92 Å². The monoisotopic (exact) mass is 536 g/mol. The molecule has 0 amide bonds. The lowest BCUT2D eigenvalue weighted by molar-refractivity contribution is 0.0697. The number of carbonyl (C=O) groups is 2. The number of methoxy groups -OCH3 is 1. The third kappa shape index (κ3) is 5.40. The molecule has 2 aromatic carbocycles. The highest BCUT2D eigenvalue weighted by molar-refractivity contribution is 7.91. The molecule has 2 heterocycles. The van der Waals surface area contributed by atoms with Gasteiger partial charge in [-0.15, -0.1) is 11.3 Å². The number of anilines is 1. The van der Waals surface area contributed by atoms with Crippen molar-refractivity contribution < 1.29 is 27.9 Å². The number of aromatic carboxylic acids is 1. The van der Waals surface area contributed by atoms with E-state index in [9.17, 15) is 23.1 Å². The van der Waals surface area contributed by atoms with Gasteiger partial charge in [0.1, 0.15) is 5.75 Å². The summed E-state index contributed by atoms with van der Waals surface area (Å²) in [4.78, 5) is 29.4. The zero-order valence-electron chi connectivity index (χ0n) is 20.3. The van der Waals surface area contributed by atoms with Crippen LogP contribution in [0.2, 0.25) is 0 Å². The summed E-state index contributed by atoms with van der Waals surface area (Å²) in [5.41, 5.74) is 2.15. The van der Waals surface area contributed by atoms with Gasteiger partial charge in [-0.05, 0) is 79.6 Å². The number of hydrogen-bond acceptors (Lipinski definition) is 8. The lowest BCUT2D eigenvalue weighted by Gasteiger charge is -2.16. The Morgan fingerprint density at radius 1 is 1.08 bits per heavy atom. The molecule has 0 spiro atoms. The number of carboxylic acid groups (broad SMARTS) is 1. The number of carboxylic acids is 1. The topological polar surface area (TPSA) is 123 Å². The van der Waals surface area contributed by atoms with E-state index in [0.717, 1.165) is 4.88 Å². The summed E-state index contributed by atoms with van der Waals surface area (Å²) in [5, 5.41) is 12.9. The number of sulfone groups is 1. The number of hydrogen-bond donors (Lipinski definition) is 2. The Bertz CT molecular complexity index is 1590. The highest BCUT2D eigenvalue weighted by Crippen LogP contribution is 2.34. The Hall–Kier alpha value is -4.02. The highest BCUT2D eigenvalue weighted by Gasteiger charge is 2.24. The summed E-state index contributed by atoms with van der Waals surface area (Å²) in [6, 6.07) is 16.2. The number of Topliss-reactive ketones (excluding diaryl/α,β-unsaturated/α-hetero) is 1. The Morgan fingerprint density at radius 3 is 2.43 bits per heavy atom. The second-order valence-electron chi connectivity index (χ2n) is 8.24. The summed E-state index contributed by atoms with van der Waals surface area (Å²) >= 11 is 1.30. The molecule has 0 fully saturated rings. The lowest BCUT2D eigenvalue weighted by Crippen LogP contribution is -2.13. The average molecular weight is 537 g/mol. The smallest absolute Gasteiger partial charge is 0.337 e. The molecule has 0 aliphatic rings. The summed E-state index contributed by atoms with van der Waals surface area (Å²) < 4.78 is 31.7. The normalized spacial score (nSPS) is 11.2. The van der Waals surface area contributed by atoms with E-state index < -0.39 is 15.8 Å². The number of aromatic nitrogens is 1. The van der Waals surface area contributed by atoms with Crippen molar-refractivity contribution in [2.24, 2.45) is 0 Å². The molecule has 0 unspecified atom stereocenters. The van der Waals surface area contributed by atoms with Crippen molar-refractivity contribution in [2.45, 2.75) is 30.3 Å². The zero-order chi connectivity index (χ0) is 26.7. The number of thiophene rings is 1. The van der Waals surface area contributed by atoms with E-state index in [1.807, 2.05) is 6.07 Å². The predicted octanol–water partition coefficient (Wildman–Crippen LogP) is 5.47. The van der Waals surface area contributed by atoms with E-state index >= 15 is 0 Å². The molecule has 37 heavy (non-hydrogen) atoms. The number of nitrogens with zero attached hydrogens (tertiary/aromatic N) is 1. The van der Waals surface area contributed by atoms with Crippen LogP contribution in [0.15, 0.2) is 76.8 Å². The third-order valence-corrected chi connectivity index (χ3v) is 8.74. The van der Waals surface area contributed by atoms with Gasteiger partial charge in [0.25, 0.3) is 0 Å². The molecule has 2 aromatic heterocycles. The maximum atomic E-state index is 13.3. The van der Waals surface area contributed by atoms with Crippen molar-refractivity contribution in [1.82, 2.24) is 4.98 Å². The van der Waals surface area contributed by atoms with Gasteiger partial charge in [-0.3, -0.25) is 4.79 Å². The van der Waals surface area contributed by atoms with Crippen LogP contribution in [0.4, 0.5) is 5.69 Å². The summed E-state index contributed by atoms with van der Waals surface area (Å²) in [5.74, 6) is -0.656. The molecule has 10 heteroatoms. The third-order valence-electron chi connectivity index (χ3n) is 5.73. The molecule has 2 N–H and O–H groups in total. The van der Waals surface area contributed by atoms with Crippen LogP contribution < -0.4 is 10.1 Å². The van der Waals surface area contributed by atoms with Crippen molar-refractivity contribution >= 4 is 38.6 Å². The van der Waals surface area contributed by atoms with Crippen LogP contribution in [0.25, 0.3) is 10.4 Å². The van der Waals surface area contributed by atoms with E-state index in [2.05, 4.69) is 10.3 Å². The highest BCUT2D eigenvalue weighted by atomic mass is 32.2. The summed E-state index contributed by atoms with van der Waals surface area (Å²) in [6.07, 6.45) is 1.40. The number of ether oxygens (including phenoxy) is 1. The SMILES string of the molecule is COc1ccc(S(=O)(=O)c2ncccc2CNc2c(C)cc(-c3ccc(C(C)=O)s3)cc2C(=O)O)cc1. The minimum atomic E-state index is -3.93. The number of aryl methyl sites for hydroxylation is 1. The van der Waals surface area contributed by atoms with Gasteiger partial charge in [0, 0.05) is 23.2 Å². The molecule has 4 aromatic rings. The fraction of sp³-hybridized carbons (Fsp3) is 0.148. The molecule has 4 rings (SSSR count). The molecular formula is C27H24N2O6S2. The number of benzene rings is 2. The van der Waals surface area contributed by atoms with Crippen LogP contribution in [0.3, 0.4) is 0 Å². The van der Waals surface area contributed by atoms with Gasteiger partial charge in [-0.2, -0.15) is 0 Å². The first kappa shape index (κ1) is 26.1. The second-order valence-corrected chi connectivity index (χ2v) is 11.2. The van der Waals surface area contributed by atoms with Crippen molar-refractivity contribution in [2.75, 3.05) is 12.4 Å². The van der Waals surface area contributed by atoms with E-state index in [1.165, 1.54) is 43.7 Å². The quantitative estimate of drug-likeness (QED) is 0.270. The fourth-order valence-corrected chi connectivity index (χ4v) is 6.16. The lowest BCUT2D eigenvalue weighted by atomic mass is 10.0. The Kier molecular flexibility index (Phi) is 7.42. The first-order valence-corrected chi connectivity index (χ1v) is 13.5. The second kappa shape index (κ2) is 10.5. The van der Waals surface area contributed by atoms with Crippen LogP contribution in [0.5, 0.6) is 5.75 Å². The van der Waals surface area contributed by atoms with Crippen LogP contribution in [-0.2, 0) is 16.4 Å². The Labute approximate surface area is 218 Å². The van der Waals surface area contributed by atoms with Gasteiger partial charge in [-0.25, -0.2) is 18.2 Å². The van der Waals surface area contributed by atoms with Gasteiger partial charge >= 0.3 is 5.97 Å². The van der Waals surface area contributed by atoms with Crippen molar-refractivity contribution in [1.29, 1.82) is 0 Å². The minimum absolute atomic E-state index is 0.0342. The predicted molar refractivity (Wildman–Crippen MR) is 141 cm³/mol. The molecule has 0 aliphatic heterocycles. The van der Waals surface area contributed by atoms with Gasteiger partial charge in [0.05, 0.1) is 28.1 Å². The Balaban J connectivity index is 1.67. The maximum Gasteiger partial charge on any atom is 0.337 e. The summed E-state index contributed by atoms with van der Waals surface area (Å²) in [6.45, 7) is 3.29. The Morgan fingerprint density at radius 2 is 1.81 bits per heavy atom. The van der Waals surface area contributed by atoms with Crippen molar-refractivity contribution in [3.05, 3.63) is 88.4 Å². The van der Waals surface area contributed by atoms with E-state index in [4.69, 9.17) is 4.74 Å². The van der Waals surface area contributed by atoms with Gasteiger partial charge < -0.3 is 15.2 Å². The molecule has 8 nitrogen and oxygen atoms in total. The van der Waals surface area contributed by atoms with Crippen LogP contribution in [0.1, 0.15) is 38.1 Å². The number of rotatable bonds is 9. The van der Waals surface area contributed by atoms with E-state index in [0.29, 0.717) is 33.0 Å². The van der Waals surface area contributed by atoms with Gasteiger partial charge in [-0.1, -0.05) is 6.07 Å². The molecule has 190 valence electrons. The van der Waals surface area contributed by atoms with Gasteiger partial charge in [0.2, 0.25) is 9.84 Å². The minimum Gasteiger partial charge on any atom is -0.497 e. The molecule has 0 saturated carbocycles. The number of carbonyl (C=O) groups excluding carboxylic acids is 1. The van der Waals surface area contributed by atoms with E-state index in [-0.39, 0.29) is 27.8 Å². The van der Waals surface area contributed by atoms with E-state index in [1.54, 1.807) is 49.4 Å². The number of nitrogens with one attached hydrogen (secondary N) is 1. The largest absolute Gasteiger partial charge is 0.497 e. The summed E-state index contributed by atoms with van der Waals surface area (Å²) in [7, 11) is -2.44. The standard InChI is InChI=1S/C27H24N2O6S2/c1-16-13-19(24-11-10-23(36-24)17(2)30)14-22(27(31)32)25(16)29-15-18-5-4-12-28-26(18)37(33,34)21-8-6-20(35-3)7-9-21/h4-14,29H,15H2,1-3H3,(H,31,32). The van der Waals surface area contributed by atoms with Crippen molar-refractivity contribution in [3.63, 3.8) is 0 Å². The molecular weight excluding hydrogens is 512 g/mol. The van der Waals surface area contributed by atoms with Gasteiger partial charge in [0.15, 0.2) is 10.8 Å². The fourth-order valence-electron chi connectivity index (χ4n) is 3.87. The number of ketones is 1.